The Labute approximate surface area is 204 Å². The van der Waals surface area contributed by atoms with Crippen molar-refractivity contribution in [3.63, 3.8) is 0 Å². The molecule has 1 aliphatic carbocycles. The van der Waals surface area contributed by atoms with Crippen LogP contribution in [-0.4, -0.2) is 37.0 Å². The maximum Gasteiger partial charge on any atom is 0.334 e. The highest BCUT2D eigenvalue weighted by Gasteiger charge is 2.33. The van der Waals surface area contributed by atoms with Crippen molar-refractivity contribution in [2.45, 2.75) is 38.6 Å². The van der Waals surface area contributed by atoms with Crippen molar-refractivity contribution >= 4 is 58.1 Å². The van der Waals surface area contributed by atoms with Crippen LogP contribution in [0.4, 0.5) is 10.1 Å². The minimum atomic E-state index is -0.731. The van der Waals surface area contributed by atoms with Gasteiger partial charge < -0.3 is 9.47 Å². The molecule has 2 aromatic rings. The number of rotatable bonds is 7. The van der Waals surface area contributed by atoms with Crippen molar-refractivity contribution in [2.24, 2.45) is 0 Å². The molecule has 0 saturated heterocycles. The first-order valence-electron chi connectivity index (χ1n) is 10.0. The van der Waals surface area contributed by atoms with Gasteiger partial charge in [0.05, 0.1) is 32.2 Å². The molecule has 0 N–H and O–H groups in total. The maximum absolute atomic E-state index is 15.1. The zero-order valence-corrected chi connectivity index (χ0v) is 20.3. The van der Waals surface area contributed by atoms with Crippen LogP contribution >= 0.6 is 34.5 Å². The van der Waals surface area contributed by atoms with Crippen LogP contribution in [0.25, 0.3) is 0 Å². The molecule has 0 aromatic carbocycles. The molecule has 0 fully saturated rings. The van der Waals surface area contributed by atoms with Crippen LogP contribution in [0.3, 0.4) is 0 Å². The number of pyridine rings is 1. The van der Waals surface area contributed by atoms with E-state index >= 15 is 4.39 Å². The smallest absolute Gasteiger partial charge is 0.334 e. The second kappa shape index (κ2) is 11.1. The number of carbonyl (C=O) groups is 3. The van der Waals surface area contributed by atoms with Gasteiger partial charge in [0, 0.05) is 22.2 Å². The predicted octanol–water partition coefficient (Wildman–Crippen LogP) is 4.88. The van der Waals surface area contributed by atoms with E-state index in [1.54, 1.807) is 12.1 Å². The van der Waals surface area contributed by atoms with Crippen LogP contribution in [0.2, 0.25) is 10.2 Å². The lowest BCUT2D eigenvalue weighted by molar-refractivity contribution is -0.139. The normalized spacial score (nSPS) is 13.6. The molecule has 0 spiro atoms. The Morgan fingerprint density at radius 2 is 1.82 bits per heavy atom. The highest BCUT2D eigenvalue weighted by atomic mass is 35.5. The van der Waals surface area contributed by atoms with Crippen molar-refractivity contribution in [3.8, 4) is 0 Å². The van der Waals surface area contributed by atoms with E-state index in [0.717, 1.165) is 6.42 Å². The van der Waals surface area contributed by atoms with Gasteiger partial charge >= 0.3 is 11.9 Å². The van der Waals surface area contributed by atoms with Gasteiger partial charge in [0.15, 0.2) is 0 Å². The number of amides is 1. The molecule has 11 heteroatoms. The zero-order chi connectivity index (χ0) is 24.1. The summed E-state index contributed by atoms with van der Waals surface area (Å²) in [6.07, 6.45) is 3.39. The minimum absolute atomic E-state index is 0.0609. The van der Waals surface area contributed by atoms with Crippen molar-refractivity contribution in [1.29, 1.82) is 0 Å². The van der Waals surface area contributed by atoms with Gasteiger partial charge in [-0.1, -0.05) is 29.3 Å². The van der Waals surface area contributed by atoms with Gasteiger partial charge in [0.1, 0.15) is 10.8 Å². The first kappa shape index (κ1) is 25.1. The number of anilines is 1. The Morgan fingerprint density at radius 1 is 1.12 bits per heavy atom. The molecule has 0 bridgehead atoms. The molecule has 3 rings (SSSR count). The van der Waals surface area contributed by atoms with Crippen LogP contribution in [0.1, 0.15) is 36.1 Å². The number of hydrogen-bond donors (Lipinski definition) is 0. The molecule has 0 saturated carbocycles. The number of ether oxygens (including phenoxy) is 2. The van der Waals surface area contributed by atoms with Crippen LogP contribution in [0.15, 0.2) is 29.5 Å². The zero-order valence-electron chi connectivity index (χ0n) is 18.0. The van der Waals surface area contributed by atoms with Gasteiger partial charge in [-0.25, -0.2) is 9.78 Å². The number of carbonyl (C=O) groups excluding carboxylic acids is 3. The fourth-order valence-electron chi connectivity index (χ4n) is 3.55. The summed E-state index contributed by atoms with van der Waals surface area (Å²) in [6, 6.07) is 3.20. The van der Waals surface area contributed by atoms with Crippen LogP contribution in [0.5, 0.6) is 0 Å². The largest absolute Gasteiger partial charge is 0.469 e. The van der Waals surface area contributed by atoms with E-state index < -0.39 is 23.0 Å². The molecule has 0 atom stereocenters. The number of halogens is 3. The second-order valence-corrected chi connectivity index (χ2v) is 9.07. The first-order valence-corrected chi connectivity index (χ1v) is 11.6. The Bertz CT molecular complexity index is 1100. The molecule has 176 valence electrons. The molecule has 7 nitrogen and oxygen atoms in total. The van der Waals surface area contributed by atoms with E-state index in [1.807, 2.05) is 0 Å². The first-order chi connectivity index (χ1) is 15.8. The van der Waals surface area contributed by atoms with E-state index in [0.29, 0.717) is 36.2 Å². The van der Waals surface area contributed by atoms with Crippen LogP contribution in [-0.2, 0) is 36.8 Å². The van der Waals surface area contributed by atoms with Crippen LogP contribution < -0.4 is 4.90 Å². The van der Waals surface area contributed by atoms with E-state index in [4.69, 9.17) is 27.9 Å². The van der Waals surface area contributed by atoms with E-state index in [2.05, 4.69) is 9.72 Å². The molecule has 1 aliphatic rings. The summed E-state index contributed by atoms with van der Waals surface area (Å²) in [5.74, 6) is -1.74. The highest BCUT2D eigenvalue weighted by Crippen LogP contribution is 2.41. The number of nitrogens with zero attached hydrogens (tertiary/aromatic N) is 2. The van der Waals surface area contributed by atoms with Gasteiger partial charge in [-0.05, 0) is 37.3 Å². The average Bonchev–Trinajstić information content (AvgIpc) is 3.10. The summed E-state index contributed by atoms with van der Waals surface area (Å²) in [5, 5.41) is -0.529. The summed E-state index contributed by atoms with van der Waals surface area (Å²) in [7, 11) is 2.46. The van der Waals surface area contributed by atoms with Gasteiger partial charge in [0.25, 0.3) is 5.91 Å². The van der Waals surface area contributed by atoms with Gasteiger partial charge in [-0.3, -0.25) is 14.5 Å². The monoisotopic (exact) mass is 514 g/mol. The van der Waals surface area contributed by atoms with E-state index in [9.17, 15) is 14.4 Å². The molecule has 0 unspecified atom stereocenters. The minimum Gasteiger partial charge on any atom is -0.469 e. The number of hydrogen-bond acceptors (Lipinski definition) is 7. The highest BCUT2D eigenvalue weighted by molar-refractivity contribution is 7.11. The van der Waals surface area contributed by atoms with Crippen molar-refractivity contribution < 1.29 is 28.2 Å². The summed E-state index contributed by atoms with van der Waals surface area (Å²) in [5.41, 5.74) is 0.934. The Hall–Kier alpha value is -2.49. The number of esters is 2. The third-order valence-electron chi connectivity index (χ3n) is 5.19. The lowest BCUT2D eigenvalue weighted by atomic mass is 9.90. The second-order valence-electron chi connectivity index (χ2n) is 7.25. The SMILES string of the molecule is COC(=O)Cc1sc(F)c(N(Cc2ccc(Cl)nc2)C(=O)C2=C(C(=O)OC)CCCC2)c1Cl. The molecular weight excluding hydrogens is 494 g/mol. The van der Waals surface area contributed by atoms with E-state index in [-0.39, 0.29) is 44.9 Å². The summed E-state index contributed by atoms with van der Waals surface area (Å²) in [4.78, 5) is 43.1. The number of aromatic nitrogens is 1. The fourth-order valence-corrected chi connectivity index (χ4v) is 4.99. The third kappa shape index (κ3) is 5.72. The lowest BCUT2D eigenvalue weighted by Crippen LogP contribution is -2.34. The molecule has 2 aromatic heterocycles. The van der Waals surface area contributed by atoms with E-state index in [1.165, 1.54) is 25.3 Å². The van der Waals surface area contributed by atoms with Crippen molar-refractivity contribution in [1.82, 2.24) is 4.98 Å². The lowest BCUT2D eigenvalue weighted by Gasteiger charge is -2.27. The number of thiophene rings is 1. The maximum atomic E-state index is 15.1. The molecule has 1 amide bonds. The third-order valence-corrected chi connectivity index (χ3v) is 6.90. The molecule has 0 radical (unpaired) electrons. The topological polar surface area (TPSA) is 85.8 Å². The van der Waals surface area contributed by atoms with Gasteiger partial charge in [0.2, 0.25) is 5.13 Å². The molecular formula is C22H21Cl2FN2O5S. The Morgan fingerprint density at radius 3 is 2.42 bits per heavy atom. The predicted molar refractivity (Wildman–Crippen MR) is 123 cm³/mol. The van der Waals surface area contributed by atoms with Gasteiger partial charge in [-0.2, -0.15) is 4.39 Å². The molecule has 2 heterocycles. The summed E-state index contributed by atoms with van der Waals surface area (Å²) in [6.45, 7) is -0.0774. The molecule has 33 heavy (non-hydrogen) atoms. The molecule has 0 aliphatic heterocycles. The standard InChI is InChI=1S/C22H21Cl2FN2O5S/c1-31-17(28)9-15-18(24)19(20(25)33-15)27(11-12-7-8-16(23)26-10-12)21(29)13-5-3-4-6-14(13)22(30)32-2/h7-8,10H,3-6,9,11H2,1-2H3. The van der Waals surface area contributed by atoms with Crippen molar-refractivity contribution in [2.75, 3.05) is 19.1 Å². The number of methoxy groups -OCH3 is 2. The Kier molecular flexibility index (Phi) is 8.45. The van der Waals surface area contributed by atoms with Gasteiger partial charge in [-0.15, -0.1) is 11.3 Å². The average molecular weight is 515 g/mol. The Balaban J connectivity index is 2.10. The summed E-state index contributed by atoms with van der Waals surface area (Å²) < 4.78 is 24.6. The van der Waals surface area contributed by atoms with Crippen LogP contribution in [0, 0.1) is 5.13 Å². The fraction of sp³-hybridized carbons (Fsp3) is 0.364. The quantitative estimate of drug-likeness (QED) is 0.386. The summed E-state index contributed by atoms with van der Waals surface area (Å²) >= 11 is 13.0. The van der Waals surface area contributed by atoms with Crippen molar-refractivity contribution in [3.05, 3.63) is 55.2 Å².